The average molecular weight is 306 g/mol. The van der Waals surface area contributed by atoms with E-state index in [0.717, 1.165) is 40.6 Å². The molecule has 5 heteroatoms. The molecular formula is C18H14N2O3. The molecule has 0 aliphatic heterocycles. The highest BCUT2D eigenvalue weighted by molar-refractivity contribution is 6.04. The largest absolute Gasteiger partial charge is 0.322 e. The number of carbonyl (C=O) groups is 1. The summed E-state index contributed by atoms with van der Waals surface area (Å²) in [7, 11) is 0. The molecule has 0 saturated heterocycles. The zero-order valence-electron chi connectivity index (χ0n) is 12.4. The molecule has 114 valence electrons. The van der Waals surface area contributed by atoms with Crippen LogP contribution in [-0.4, -0.2) is 15.1 Å². The van der Waals surface area contributed by atoms with Crippen LogP contribution in [0.4, 0.5) is 5.69 Å². The van der Waals surface area contributed by atoms with Gasteiger partial charge in [0.15, 0.2) is 5.78 Å². The molecule has 0 fully saturated rings. The van der Waals surface area contributed by atoms with Gasteiger partial charge in [-0.25, -0.2) is 0 Å². The van der Waals surface area contributed by atoms with Gasteiger partial charge in [-0.15, -0.1) is 0 Å². The molecule has 4 rings (SSSR count). The van der Waals surface area contributed by atoms with Crippen LogP contribution in [-0.2, 0) is 6.42 Å². The number of rotatable bonds is 2. The lowest BCUT2D eigenvalue weighted by Crippen LogP contribution is -1.99. The van der Waals surface area contributed by atoms with E-state index >= 15 is 0 Å². The Labute approximate surface area is 132 Å². The number of hydrogen-bond acceptors (Lipinski definition) is 3. The number of benzene rings is 1. The van der Waals surface area contributed by atoms with E-state index in [1.54, 1.807) is 12.1 Å². The minimum absolute atomic E-state index is 0.0826. The second-order valence-corrected chi connectivity index (χ2v) is 5.78. The second kappa shape index (κ2) is 5.05. The number of ketones is 1. The first-order valence-electron chi connectivity index (χ1n) is 7.56. The van der Waals surface area contributed by atoms with Gasteiger partial charge in [0.25, 0.3) is 5.69 Å². The van der Waals surface area contributed by atoms with Crippen molar-refractivity contribution in [1.82, 2.24) is 4.40 Å². The van der Waals surface area contributed by atoms with Crippen molar-refractivity contribution < 1.29 is 9.72 Å². The first-order valence-corrected chi connectivity index (χ1v) is 7.56. The fraction of sp³-hybridized carbons (Fsp3) is 0.167. The third kappa shape index (κ3) is 2.12. The van der Waals surface area contributed by atoms with Crippen LogP contribution in [0.1, 0.15) is 28.8 Å². The smallest absolute Gasteiger partial charge is 0.269 e. The van der Waals surface area contributed by atoms with Crippen molar-refractivity contribution in [2.75, 3.05) is 0 Å². The van der Waals surface area contributed by atoms with E-state index in [4.69, 9.17) is 0 Å². The molecule has 5 nitrogen and oxygen atoms in total. The standard InChI is InChI=1S/C18H14N2O3/c21-17-5-1-3-14-16(11-19-10-2-4-15(17)18(14)19)12-6-8-13(9-7-12)20(22)23/h2,4,6-11H,1,3,5H2. The van der Waals surface area contributed by atoms with Crippen LogP contribution in [0.5, 0.6) is 0 Å². The topological polar surface area (TPSA) is 64.6 Å². The van der Waals surface area contributed by atoms with E-state index < -0.39 is 4.92 Å². The predicted molar refractivity (Wildman–Crippen MR) is 86.8 cm³/mol. The summed E-state index contributed by atoms with van der Waals surface area (Å²) in [6.07, 6.45) is 6.18. The van der Waals surface area contributed by atoms with Crippen LogP contribution in [0.3, 0.4) is 0 Å². The van der Waals surface area contributed by atoms with E-state index in [0.29, 0.717) is 6.42 Å². The summed E-state index contributed by atoms with van der Waals surface area (Å²) in [6.45, 7) is 0. The molecule has 2 aromatic heterocycles. The zero-order chi connectivity index (χ0) is 16.0. The Morgan fingerprint density at radius 3 is 2.57 bits per heavy atom. The van der Waals surface area contributed by atoms with Gasteiger partial charge in [0.05, 0.1) is 10.4 Å². The number of pyridine rings is 1. The van der Waals surface area contributed by atoms with Crippen molar-refractivity contribution in [2.24, 2.45) is 0 Å². The van der Waals surface area contributed by atoms with Gasteiger partial charge in [-0.05, 0) is 48.2 Å². The molecule has 1 aliphatic carbocycles. The minimum Gasteiger partial charge on any atom is -0.322 e. The Balaban J connectivity index is 1.94. The lowest BCUT2D eigenvalue weighted by atomic mass is 10.00. The molecule has 3 aromatic rings. The van der Waals surface area contributed by atoms with E-state index in [1.807, 2.05) is 28.9 Å². The fourth-order valence-corrected chi connectivity index (χ4v) is 3.35. The third-order valence-corrected chi connectivity index (χ3v) is 4.42. The van der Waals surface area contributed by atoms with Gasteiger partial charge in [-0.3, -0.25) is 14.9 Å². The maximum atomic E-state index is 12.3. The molecule has 0 saturated carbocycles. The Bertz CT molecular complexity index is 939. The summed E-state index contributed by atoms with van der Waals surface area (Å²) in [5.41, 5.74) is 4.97. The first kappa shape index (κ1) is 13.7. The van der Waals surface area contributed by atoms with Crippen LogP contribution in [0.15, 0.2) is 48.8 Å². The number of aryl methyl sites for hydroxylation is 1. The Morgan fingerprint density at radius 2 is 1.83 bits per heavy atom. The predicted octanol–water partition coefficient (Wildman–Crippen LogP) is 4.03. The second-order valence-electron chi connectivity index (χ2n) is 5.78. The number of Topliss-reactive ketones (excluding diaryl/α,β-unsaturated/α-hetero) is 1. The Morgan fingerprint density at radius 1 is 1.04 bits per heavy atom. The van der Waals surface area contributed by atoms with Gasteiger partial charge in [-0.1, -0.05) is 0 Å². The highest BCUT2D eigenvalue weighted by Crippen LogP contribution is 2.35. The van der Waals surface area contributed by atoms with Gasteiger partial charge < -0.3 is 4.40 Å². The highest BCUT2D eigenvalue weighted by Gasteiger charge is 2.22. The molecule has 0 atom stereocenters. The van der Waals surface area contributed by atoms with Gasteiger partial charge in [-0.2, -0.15) is 0 Å². The van der Waals surface area contributed by atoms with Crippen molar-refractivity contribution in [1.29, 1.82) is 0 Å². The van der Waals surface area contributed by atoms with Crippen molar-refractivity contribution in [3.8, 4) is 11.1 Å². The molecular weight excluding hydrogens is 292 g/mol. The number of nitrogens with zero attached hydrogens (tertiary/aromatic N) is 2. The van der Waals surface area contributed by atoms with Crippen molar-refractivity contribution in [2.45, 2.75) is 19.3 Å². The molecule has 23 heavy (non-hydrogen) atoms. The fourth-order valence-electron chi connectivity index (χ4n) is 3.35. The normalized spacial score (nSPS) is 14.0. The molecule has 0 unspecified atom stereocenters. The molecule has 2 heterocycles. The van der Waals surface area contributed by atoms with E-state index in [2.05, 4.69) is 0 Å². The number of aromatic nitrogens is 1. The van der Waals surface area contributed by atoms with E-state index in [-0.39, 0.29) is 11.5 Å². The van der Waals surface area contributed by atoms with Crippen LogP contribution in [0, 0.1) is 10.1 Å². The SMILES string of the molecule is O=C1CCCc2c(-c3ccc([N+](=O)[O-])cc3)cn3cccc1c23. The minimum atomic E-state index is -0.397. The highest BCUT2D eigenvalue weighted by atomic mass is 16.6. The van der Waals surface area contributed by atoms with Crippen LogP contribution < -0.4 is 0 Å². The molecule has 0 amide bonds. The number of carbonyl (C=O) groups excluding carboxylic acids is 1. The van der Waals surface area contributed by atoms with Crippen molar-refractivity contribution in [3.05, 3.63) is 70.0 Å². The summed E-state index contributed by atoms with van der Waals surface area (Å²) >= 11 is 0. The zero-order valence-corrected chi connectivity index (χ0v) is 12.4. The summed E-state index contributed by atoms with van der Waals surface area (Å²) in [5, 5.41) is 10.8. The summed E-state index contributed by atoms with van der Waals surface area (Å²) in [5.74, 6) is 0.183. The number of nitro benzene ring substituents is 1. The Hall–Kier alpha value is -2.95. The summed E-state index contributed by atoms with van der Waals surface area (Å²) < 4.78 is 1.99. The van der Waals surface area contributed by atoms with Crippen LogP contribution >= 0.6 is 0 Å². The van der Waals surface area contributed by atoms with Crippen LogP contribution in [0.2, 0.25) is 0 Å². The molecule has 1 aliphatic rings. The molecule has 0 radical (unpaired) electrons. The summed E-state index contributed by atoms with van der Waals surface area (Å²) in [6, 6.07) is 10.4. The summed E-state index contributed by atoms with van der Waals surface area (Å²) in [4.78, 5) is 22.7. The van der Waals surface area contributed by atoms with E-state index in [9.17, 15) is 14.9 Å². The molecule has 1 aromatic carbocycles. The van der Waals surface area contributed by atoms with Crippen LogP contribution in [0.25, 0.3) is 16.6 Å². The van der Waals surface area contributed by atoms with Gasteiger partial charge in [0, 0.05) is 42.1 Å². The lowest BCUT2D eigenvalue weighted by molar-refractivity contribution is -0.384. The van der Waals surface area contributed by atoms with Gasteiger partial charge >= 0.3 is 0 Å². The van der Waals surface area contributed by atoms with Gasteiger partial charge in [0.1, 0.15) is 0 Å². The average Bonchev–Trinajstić information content (AvgIpc) is 2.84. The van der Waals surface area contributed by atoms with Crippen molar-refractivity contribution >= 4 is 17.0 Å². The third-order valence-electron chi connectivity index (χ3n) is 4.42. The Kier molecular flexibility index (Phi) is 3.01. The molecule has 0 N–H and O–H groups in total. The monoisotopic (exact) mass is 306 g/mol. The molecule has 0 spiro atoms. The maximum Gasteiger partial charge on any atom is 0.269 e. The van der Waals surface area contributed by atoms with Gasteiger partial charge in [0.2, 0.25) is 0 Å². The number of non-ortho nitro benzene ring substituents is 1. The molecule has 0 bridgehead atoms. The first-order chi connectivity index (χ1) is 11.1. The number of hydrogen-bond donors (Lipinski definition) is 0. The maximum absolute atomic E-state index is 12.3. The van der Waals surface area contributed by atoms with Crippen molar-refractivity contribution in [3.63, 3.8) is 0 Å². The lowest BCUT2D eigenvalue weighted by Gasteiger charge is -2.03. The number of nitro groups is 1. The quantitative estimate of drug-likeness (QED) is 0.530. The van der Waals surface area contributed by atoms with E-state index in [1.165, 1.54) is 12.1 Å².